The van der Waals surface area contributed by atoms with E-state index in [1.807, 2.05) is 11.0 Å². The first-order valence-corrected chi connectivity index (χ1v) is 7.62. The van der Waals surface area contributed by atoms with Crippen molar-refractivity contribution >= 4 is 27.5 Å². The highest BCUT2D eigenvalue weighted by Gasteiger charge is 2.25. The highest BCUT2D eigenvalue weighted by Crippen LogP contribution is 2.31. The van der Waals surface area contributed by atoms with Gasteiger partial charge in [0.1, 0.15) is 0 Å². The van der Waals surface area contributed by atoms with Crippen LogP contribution in [0.3, 0.4) is 0 Å². The van der Waals surface area contributed by atoms with E-state index in [9.17, 15) is 4.79 Å². The van der Waals surface area contributed by atoms with Gasteiger partial charge in [-0.3, -0.25) is 4.79 Å². The number of hydrogen-bond donors (Lipinski definition) is 1. The van der Waals surface area contributed by atoms with Gasteiger partial charge in [-0.15, -0.1) is 0 Å². The minimum Gasteiger partial charge on any atom is -0.399 e. The second-order valence-corrected chi connectivity index (χ2v) is 7.07. The van der Waals surface area contributed by atoms with E-state index in [-0.39, 0.29) is 11.3 Å². The van der Waals surface area contributed by atoms with Crippen LogP contribution in [0.25, 0.3) is 0 Å². The van der Waals surface area contributed by atoms with Crippen LogP contribution in [0.4, 0.5) is 5.69 Å². The van der Waals surface area contributed by atoms with Crippen molar-refractivity contribution in [3.8, 4) is 0 Å². The maximum atomic E-state index is 12.5. The lowest BCUT2D eigenvalue weighted by Gasteiger charge is -2.32. The number of hydrogen-bond acceptors (Lipinski definition) is 2. The van der Waals surface area contributed by atoms with Crippen molar-refractivity contribution in [3.05, 3.63) is 39.9 Å². The van der Waals surface area contributed by atoms with Crippen LogP contribution < -0.4 is 5.73 Å². The van der Waals surface area contributed by atoms with E-state index in [0.29, 0.717) is 17.8 Å². The Morgan fingerprint density at radius 3 is 2.60 bits per heavy atom. The van der Waals surface area contributed by atoms with Gasteiger partial charge >= 0.3 is 0 Å². The number of rotatable bonds is 1. The number of carbonyl (C=O) groups excluding carboxylic acids is 1. The van der Waals surface area contributed by atoms with Crippen molar-refractivity contribution in [2.75, 3.05) is 18.8 Å². The van der Waals surface area contributed by atoms with Gasteiger partial charge in [0.15, 0.2) is 0 Å². The predicted octanol–water partition coefficient (Wildman–Crippen LogP) is 3.85. The number of benzene rings is 1. The molecule has 1 aliphatic heterocycles. The molecule has 1 aromatic carbocycles. The van der Waals surface area contributed by atoms with Crippen LogP contribution in [-0.4, -0.2) is 23.9 Å². The van der Waals surface area contributed by atoms with Crippen LogP contribution in [-0.2, 0) is 0 Å². The highest BCUT2D eigenvalue weighted by molar-refractivity contribution is 9.10. The summed E-state index contributed by atoms with van der Waals surface area (Å²) in [5.74, 6) is 0.0355. The molecule has 0 aliphatic carbocycles. The molecule has 3 nitrogen and oxygen atoms in total. The Morgan fingerprint density at radius 1 is 1.35 bits per heavy atom. The minimum absolute atomic E-state index is 0.0355. The van der Waals surface area contributed by atoms with Crippen molar-refractivity contribution in [1.82, 2.24) is 4.90 Å². The van der Waals surface area contributed by atoms with E-state index in [2.05, 4.69) is 42.8 Å². The molecule has 0 atom stereocenters. The maximum absolute atomic E-state index is 12.5. The van der Waals surface area contributed by atoms with E-state index in [1.54, 1.807) is 12.1 Å². The number of amides is 1. The van der Waals surface area contributed by atoms with Gasteiger partial charge in [0.05, 0.1) is 5.56 Å². The summed E-state index contributed by atoms with van der Waals surface area (Å²) < 4.78 is 0.794. The van der Waals surface area contributed by atoms with Crippen LogP contribution in [0.5, 0.6) is 0 Å². The smallest absolute Gasteiger partial charge is 0.255 e. The van der Waals surface area contributed by atoms with Gasteiger partial charge in [-0.2, -0.15) is 0 Å². The summed E-state index contributed by atoms with van der Waals surface area (Å²) in [5, 5.41) is 0. The summed E-state index contributed by atoms with van der Waals surface area (Å²) in [5.41, 5.74) is 8.63. The van der Waals surface area contributed by atoms with Crippen LogP contribution in [0, 0.1) is 5.41 Å². The van der Waals surface area contributed by atoms with E-state index >= 15 is 0 Å². The average Bonchev–Trinajstić information content (AvgIpc) is 2.40. The Bertz CT molecular complexity index is 558. The molecule has 108 valence electrons. The van der Waals surface area contributed by atoms with Crippen molar-refractivity contribution in [1.29, 1.82) is 0 Å². The number of nitrogen functional groups attached to an aromatic ring is 1. The van der Waals surface area contributed by atoms with E-state index < -0.39 is 0 Å². The van der Waals surface area contributed by atoms with Gasteiger partial charge in [0.25, 0.3) is 5.91 Å². The molecule has 1 aliphatic rings. The van der Waals surface area contributed by atoms with Crippen molar-refractivity contribution in [3.63, 3.8) is 0 Å². The van der Waals surface area contributed by atoms with Crippen molar-refractivity contribution in [2.45, 2.75) is 27.2 Å². The molecular formula is C16H21BrN2O. The number of halogens is 1. The summed E-state index contributed by atoms with van der Waals surface area (Å²) in [6.45, 7) is 8.08. The number of nitrogens with zero attached hydrogens (tertiary/aromatic N) is 1. The highest BCUT2D eigenvalue weighted by atomic mass is 79.9. The zero-order valence-corrected chi connectivity index (χ0v) is 13.8. The van der Waals surface area contributed by atoms with E-state index in [1.165, 1.54) is 5.57 Å². The van der Waals surface area contributed by atoms with Crippen LogP contribution in [0.2, 0.25) is 0 Å². The molecular weight excluding hydrogens is 316 g/mol. The number of nitrogens with two attached hydrogens (primary N) is 1. The molecule has 0 fully saturated rings. The fourth-order valence-corrected chi connectivity index (χ4v) is 2.83. The largest absolute Gasteiger partial charge is 0.399 e. The molecule has 4 heteroatoms. The SMILES string of the molecule is CC(C)(C)C1=CCN(C(=O)c2cc(N)ccc2Br)CC1. The molecule has 2 N–H and O–H groups in total. The van der Waals surface area contributed by atoms with E-state index in [4.69, 9.17) is 5.73 Å². The third kappa shape index (κ3) is 3.23. The van der Waals surface area contributed by atoms with Gasteiger partial charge in [0.2, 0.25) is 0 Å². The molecule has 0 spiro atoms. The molecule has 1 aromatic rings. The molecule has 0 saturated carbocycles. The number of anilines is 1. The quantitative estimate of drug-likeness (QED) is 0.625. The Hall–Kier alpha value is -1.29. The van der Waals surface area contributed by atoms with Crippen LogP contribution in [0.1, 0.15) is 37.6 Å². The maximum Gasteiger partial charge on any atom is 0.255 e. The lowest BCUT2D eigenvalue weighted by atomic mass is 9.83. The zero-order valence-electron chi connectivity index (χ0n) is 12.2. The molecule has 1 heterocycles. The number of carbonyl (C=O) groups is 1. The first-order valence-electron chi connectivity index (χ1n) is 6.83. The van der Waals surface area contributed by atoms with Gasteiger partial charge < -0.3 is 10.6 Å². The molecule has 20 heavy (non-hydrogen) atoms. The molecule has 0 unspecified atom stereocenters. The predicted molar refractivity (Wildman–Crippen MR) is 86.6 cm³/mol. The summed E-state index contributed by atoms with van der Waals surface area (Å²) in [4.78, 5) is 14.4. The lowest BCUT2D eigenvalue weighted by Crippen LogP contribution is -2.36. The lowest BCUT2D eigenvalue weighted by molar-refractivity contribution is 0.0764. The normalized spacial score (nSPS) is 16.0. The summed E-state index contributed by atoms with van der Waals surface area (Å²) in [6.07, 6.45) is 3.12. The molecule has 2 rings (SSSR count). The first-order chi connectivity index (χ1) is 9.29. The second-order valence-electron chi connectivity index (χ2n) is 6.22. The third-order valence-electron chi connectivity index (χ3n) is 3.68. The Balaban J connectivity index is 2.17. The van der Waals surface area contributed by atoms with Gasteiger partial charge in [0, 0.05) is 23.2 Å². The molecule has 0 saturated heterocycles. The fraction of sp³-hybridized carbons (Fsp3) is 0.438. The van der Waals surface area contributed by atoms with Crippen molar-refractivity contribution < 1.29 is 4.79 Å². The molecule has 0 bridgehead atoms. The molecule has 1 amide bonds. The van der Waals surface area contributed by atoms with Gasteiger partial charge in [-0.25, -0.2) is 0 Å². The zero-order chi connectivity index (χ0) is 14.9. The van der Waals surface area contributed by atoms with Gasteiger partial charge in [-0.1, -0.05) is 32.4 Å². The average molecular weight is 337 g/mol. The minimum atomic E-state index is 0.0355. The standard InChI is InChI=1S/C16H21BrN2O/c1-16(2,3)11-6-8-19(9-7-11)15(20)13-10-12(18)4-5-14(13)17/h4-6,10H,7-9,18H2,1-3H3. The van der Waals surface area contributed by atoms with Crippen LogP contribution in [0.15, 0.2) is 34.3 Å². The van der Waals surface area contributed by atoms with Crippen LogP contribution >= 0.6 is 15.9 Å². The molecule has 0 aromatic heterocycles. The second kappa shape index (κ2) is 5.60. The molecule has 0 radical (unpaired) electrons. The Labute approximate surface area is 129 Å². The summed E-state index contributed by atoms with van der Waals surface area (Å²) >= 11 is 3.42. The van der Waals surface area contributed by atoms with E-state index in [0.717, 1.165) is 17.4 Å². The third-order valence-corrected chi connectivity index (χ3v) is 4.37. The summed E-state index contributed by atoms with van der Waals surface area (Å²) in [7, 11) is 0. The van der Waals surface area contributed by atoms with Gasteiger partial charge in [-0.05, 0) is 46.0 Å². The monoisotopic (exact) mass is 336 g/mol. The van der Waals surface area contributed by atoms with Crippen molar-refractivity contribution in [2.24, 2.45) is 5.41 Å². The Kier molecular flexibility index (Phi) is 4.23. The topological polar surface area (TPSA) is 46.3 Å². The summed E-state index contributed by atoms with van der Waals surface area (Å²) in [6, 6.07) is 5.34. The Morgan fingerprint density at radius 2 is 2.05 bits per heavy atom. The first kappa shape index (κ1) is 15.1. The fourth-order valence-electron chi connectivity index (χ4n) is 2.41.